The molecule has 0 aliphatic rings. The van der Waals surface area contributed by atoms with Crippen molar-refractivity contribution in [2.24, 2.45) is 0 Å². The Balaban J connectivity index is 1.81. The van der Waals surface area contributed by atoms with Gasteiger partial charge in [0.2, 0.25) is 0 Å². The molecule has 2 aromatic heterocycles. The minimum atomic E-state index is 0.797. The molecular weight excluding hydrogens is 230 g/mol. The number of anilines is 1. The van der Waals surface area contributed by atoms with Crippen LogP contribution in [0.3, 0.4) is 0 Å². The minimum Gasteiger partial charge on any atom is -0.357 e. The Labute approximate surface area is 103 Å². The summed E-state index contributed by atoms with van der Waals surface area (Å²) in [6.07, 6.45) is 5.51. The van der Waals surface area contributed by atoms with E-state index < -0.39 is 0 Å². The number of nitrogens with one attached hydrogen (secondary N) is 1. The van der Waals surface area contributed by atoms with Crippen LogP contribution < -0.4 is 5.32 Å². The molecule has 4 heteroatoms. The van der Waals surface area contributed by atoms with Crippen molar-refractivity contribution < 1.29 is 0 Å². The van der Waals surface area contributed by atoms with Gasteiger partial charge in [0.25, 0.3) is 0 Å². The highest BCUT2D eigenvalue weighted by atomic mass is 32.1. The maximum Gasteiger partial charge on any atom is 0.182 e. The van der Waals surface area contributed by atoms with E-state index in [1.165, 1.54) is 16.3 Å². The first-order valence-corrected chi connectivity index (χ1v) is 6.26. The lowest BCUT2D eigenvalue weighted by Crippen LogP contribution is -1.98. The van der Waals surface area contributed by atoms with Gasteiger partial charge in [0.1, 0.15) is 0 Å². The molecule has 84 valence electrons. The zero-order valence-corrected chi connectivity index (χ0v) is 9.95. The van der Waals surface area contributed by atoms with Crippen molar-refractivity contribution in [1.29, 1.82) is 0 Å². The van der Waals surface area contributed by atoms with Crippen molar-refractivity contribution >= 4 is 27.2 Å². The van der Waals surface area contributed by atoms with E-state index in [2.05, 4.69) is 33.5 Å². The molecule has 0 aliphatic heterocycles. The van der Waals surface area contributed by atoms with Crippen molar-refractivity contribution in [1.82, 2.24) is 9.97 Å². The third-order valence-electron chi connectivity index (χ3n) is 2.58. The molecule has 3 aromatic rings. The van der Waals surface area contributed by atoms with Gasteiger partial charge in [0, 0.05) is 35.9 Å². The summed E-state index contributed by atoms with van der Waals surface area (Å²) in [7, 11) is 0. The van der Waals surface area contributed by atoms with E-state index in [9.17, 15) is 0 Å². The van der Waals surface area contributed by atoms with Crippen LogP contribution in [0, 0.1) is 0 Å². The lowest BCUT2D eigenvalue weighted by molar-refractivity contribution is 1.14. The highest BCUT2D eigenvalue weighted by Gasteiger charge is 1.98. The number of thiazole rings is 1. The average molecular weight is 241 g/mol. The standard InChI is InChI=1S/C13H11N3S/c1-2-12-9-14-4-3-11(12)7-10(1)8-16-13-15-5-6-17-13/h1-7,9H,8H2,(H,15,16). The van der Waals surface area contributed by atoms with E-state index in [0.717, 1.165) is 11.7 Å². The molecule has 0 spiro atoms. The van der Waals surface area contributed by atoms with Crippen LogP contribution in [0.4, 0.5) is 5.13 Å². The van der Waals surface area contributed by atoms with Gasteiger partial charge in [-0.2, -0.15) is 0 Å². The number of rotatable bonds is 3. The molecule has 0 fully saturated rings. The molecule has 2 heterocycles. The number of fused-ring (bicyclic) bond motifs is 1. The predicted molar refractivity (Wildman–Crippen MR) is 71.2 cm³/mol. The predicted octanol–water partition coefficient (Wildman–Crippen LogP) is 3.30. The highest BCUT2D eigenvalue weighted by molar-refractivity contribution is 7.13. The Hall–Kier alpha value is -1.94. The molecule has 0 saturated carbocycles. The molecule has 1 N–H and O–H groups in total. The third-order valence-corrected chi connectivity index (χ3v) is 3.31. The third kappa shape index (κ3) is 2.26. The van der Waals surface area contributed by atoms with Gasteiger partial charge in [0.15, 0.2) is 5.13 Å². The van der Waals surface area contributed by atoms with Gasteiger partial charge in [-0.25, -0.2) is 4.98 Å². The lowest BCUT2D eigenvalue weighted by Gasteiger charge is -2.04. The molecule has 0 unspecified atom stereocenters. The number of benzene rings is 1. The van der Waals surface area contributed by atoms with Crippen LogP contribution in [0.15, 0.2) is 48.2 Å². The normalized spacial score (nSPS) is 10.6. The molecule has 3 nitrogen and oxygen atoms in total. The van der Waals surface area contributed by atoms with E-state index in [0.29, 0.717) is 0 Å². The van der Waals surface area contributed by atoms with Gasteiger partial charge in [-0.3, -0.25) is 4.98 Å². The van der Waals surface area contributed by atoms with E-state index in [1.54, 1.807) is 17.5 Å². The van der Waals surface area contributed by atoms with Crippen LogP contribution >= 0.6 is 11.3 Å². The second-order valence-corrected chi connectivity index (χ2v) is 4.64. The molecule has 0 aliphatic carbocycles. The van der Waals surface area contributed by atoms with Crippen LogP contribution in [0.5, 0.6) is 0 Å². The Morgan fingerprint density at radius 1 is 1.12 bits per heavy atom. The monoisotopic (exact) mass is 241 g/mol. The van der Waals surface area contributed by atoms with Gasteiger partial charge >= 0.3 is 0 Å². The van der Waals surface area contributed by atoms with Crippen LogP contribution in [0.2, 0.25) is 0 Å². The Kier molecular flexibility index (Phi) is 2.71. The minimum absolute atomic E-state index is 0.797. The zero-order chi connectivity index (χ0) is 11.5. The molecule has 0 saturated heterocycles. The molecule has 0 amide bonds. The first-order valence-electron chi connectivity index (χ1n) is 5.38. The summed E-state index contributed by atoms with van der Waals surface area (Å²) < 4.78 is 0. The summed E-state index contributed by atoms with van der Waals surface area (Å²) in [6, 6.07) is 8.42. The fraction of sp³-hybridized carbons (Fsp3) is 0.0769. The number of hydrogen-bond acceptors (Lipinski definition) is 4. The van der Waals surface area contributed by atoms with Crippen molar-refractivity contribution in [3.05, 3.63) is 53.8 Å². The molecule has 0 radical (unpaired) electrons. The summed E-state index contributed by atoms with van der Waals surface area (Å²) in [4.78, 5) is 8.30. The van der Waals surface area contributed by atoms with Crippen molar-refractivity contribution in [2.75, 3.05) is 5.32 Å². The Bertz CT molecular complexity index is 619. The van der Waals surface area contributed by atoms with Crippen molar-refractivity contribution in [3.8, 4) is 0 Å². The Morgan fingerprint density at radius 2 is 2.12 bits per heavy atom. The second-order valence-electron chi connectivity index (χ2n) is 3.75. The smallest absolute Gasteiger partial charge is 0.182 e. The zero-order valence-electron chi connectivity index (χ0n) is 9.13. The van der Waals surface area contributed by atoms with Gasteiger partial charge in [0.05, 0.1) is 0 Å². The van der Waals surface area contributed by atoms with Crippen LogP contribution in [0.1, 0.15) is 5.56 Å². The molecule has 0 bridgehead atoms. The first-order chi connectivity index (χ1) is 8.42. The summed E-state index contributed by atoms with van der Waals surface area (Å²) in [5, 5.41) is 8.61. The average Bonchev–Trinajstić information content (AvgIpc) is 2.89. The SMILES string of the molecule is c1cc2cc(CNc3nccs3)ccc2cn1. The fourth-order valence-corrected chi connectivity index (χ4v) is 2.26. The summed E-state index contributed by atoms with van der Waals surface area (Å²) >= 11 is 1.61. The Morgan fingerprint density at radius 3 is 3.00 bits per heavy atom. The number of aromatic nitrogens is 2. The molecule has 3 rings (SSSR count). The van der Waals surface area contributed by atoms with Crippen LogP contribution in [-0.2, 0) is 6.54 Å². The van der Waals surface area contributed by atoms with Gasteiger partial charge in [-0.1, -0.05) is 12.1 Å². The number of nitrogens with zero attached hydrogens (tertiary/aromatic N) is 2. The maximum absolute atomic E-state index is 4.19. The van der Waals surface area contributed by atoms with Gasteiger partial charge < -0.3 is 5.32 Å². The van der Waals surface area contributed by atoms with Crippen LogP contribution in [-0.4, -0.2) is 9.97 Å². The molecule has 17 heavy (non-hydrogen) atoms. The summed E-state index contributed by atoms with van der Waals surface area (Å²) in [5.41, 5.74) is 1.25. The fourth-order valence-electron chi connectivity index (χ4n) is 1.73. The molecule has 0 atom stereocenters. The highest BCUT2D eigenvalue weighted by Crippen LogP contribution is 2.16. The van der Waals surface area contributed by atoms with E-state index in [4.69, 9.17) is 0 Å². The van der Waals surface area contributed by atoms with Gasteiger partial charge in [-0.15, -0.1) is 11.3 Å². The van der Waals surface area contributed by atoms with Crippen molar-refractivity contribution in [3.63, 3.8) is 0 Å². The number of hydrogen-bond donors (Lipinski definition) is 1. The molecule has 1 aromatic carbocycles. The first kappa shape index (κ1) is 10.2. The van der Waals surface area contributed by atoms with Crippen LogP contribution in [0.25, 0.3) is 10.8 Å². The quantitative estimate of drug-likeness (QED) is 0.764. The second kappa shape index (κ2) is 4.51. The summed E-state index contributed by atoms with van der Waals surface area (Å²) in [6.45, 7) is 0.797. The van der Waals surface area contributed by atoms with Crippen molar-refractivity contribution in [2.45, 2.75) is 6.54 Å². The molecular formula is C13H11N3S. The van der Waals surface area contributed by atoms with E-state index in [1.807, 2.05) is 23.8 Å². The lowest BCUT2D eigenvalue weighted by atomic mass is 10.1. The maximum atomic E-state index is 4.19. The topological polar surface area (TPSA) is 37.8 Å². The largest absolute Gasteiger partial charge is 0.357 e. The number of pyridine rings is 1. The van der Waals surface area contributed by atoms with Gasteiger partial charge in [-0.05, 0) is 23.1 Å². The van der Waals surface area contributed by atoms with E-state index >= 15 is 0 Å². The van der Waals surface area contributed by atoms with E-state index in [-0.39, 0.29) is 0 Å². The summed E-state index contributed by atoms with van der Waals surface area (Å²) in [5.74, 6) is 0.